The number of nitrogens with one attached hydrogen (secondary N) is 1. The number of carbonyl (C=O) groups excluding carboxylic acids is 1. The van der Waals surface area contributed by atoms with Gasteiger partial charge in [0.15, 0.2) is 0 Å². The van der Waals surface area contributed by atoms with E-state index in [0.717, 1.165) is 31.5 Å². The van der Waals surface area contributed by atoms with E-state index in [1.807, 2.05) is 18.7 Å². The van der Waals surface area contributed by atoms with Crippen molar-refractivity contribution in [3.05, 3.63) is 0 Å². The molecule has 18 heavy (non-hydrogen) atoms. The molecule has 0 aliphatic heterocycles. The van der Waals surface area contributed by atoms with Gasteiger partial charge in [0.1, 0.15) is 0 Å². The van der Waals surface area contributed by atoms with Crippen LogP contribution in [0.4, 0.5) is 0 Å². The van der Waals surface area contributed by atoms with E-state index in [1.54, 1.807) is 0 Å². The van der Waals surface area contributed by atoms with Crippen LogP contribution in [-0.2, 0) is 4.79 Å². The first kappa shape index (κ1) is 15.5. The Labute approximate surface area is 112 Å². The summed E-state index contributed by atoms with van der Waals surface area (Å²) in [5.41, 5.74) is 0. The van der Waals surface area contributed by atoms with Crippen molar-refractivity contribution in [1.29, 1.82) is 0 Å². The highest BCUT2D eigenvalue weighted by Crippen LogP contribution is 2.28. The lowest BCUT2D eigenvalue weighted by atomic mass is 9.80. The first-order chi connectivity index (χ1) is 8.56. The van der Waals surface area contributed by atoms with Crippen molar-refractivity contribution in [3.8, 4) is 0 Å². The second kappa shape index (κ2) is 7.78. The van der Waals surface area contributed by atoms with Crippen LogP contribution in [-0.4, -0.2) is 36.5 Å². The molecule has 0 saturated heterocycles. The Kier molecular flexibility index (Phi) is 6.69. The monoisotopic (exact) mass is 254 g/mol. The molecule has 3 heteroatoms. The molecule has 1 fully saturated rings. The molecule has 2 atom stereocenters. The molecule has 0 aromatic carbocycles. The highest BCUT2D eigenvalue weighted by molar-refractivity contribution is 5.76. The molecular formula is C15H30N2O. The topological polar surface area (TPSA) is 32.3 Å². The second-order valence-corrected chi connectivity index (χ2v) is 5.88. The predicted octanol–water partition coefficient (Wildman–Crippen LogP) is 2.66. The van der Waals surface area contributed by atoms with E-state index >= 15 is 0 Å². The van der Waals surface area contributed by atoms with E-state index in [1.165, 1.54) is 19.3 Å². The highest BCUT2D eigenvalue weighted by atomic mass is 16.2. The van der Waals surface area contributed by atoms with Crippen molar-refractivity contribution in [2.75, 3.05) is 19.6 Å². The van der Waals surface area contributed by atoms with Crippen LogP contribution in [0.1, 0.15) is 53.4 Å². The Morgan fingerprint density at radius 1 is 1.11 bits per heavy atom. The fourth-order valence-corrected chi connectivity index (χ4v) is 3.23. The number of hydrogen-bond donors (Lipinski definition) is 1. The van der Waals surface area contributed by atoms with Crippen LogP contribution in [0.2, 0.25) is 0 Å². The molecule has 0 radical (unpaired) electrons. The van der Waals surface area contributed by atoms with Crippen molar-refractivity contribution < 1.29 is 4.79 Å². The predicted molar refractivity (Wildman–Crippen MR) is 76.5 cm³/mol. The maximum Gasteiger partial charge on any atom is 0.223 e. The van der Waals surface area contributed by atoms with E-state index in [-0.39, 0.29) is 5.91 Å². The zero-order chi connectivity index (χ0) is 13.5. The van der Waals surface area contributed by atoms with Crippen molar-refractivity contribution in [2.45, 2.75) is 59.4 Å². The summed E-state index contributed by atoms with van der Waals surface area (Å²) in [6, 6.07) is 0.619. The van der Waals surface area contributed by atoms with Gasteiger partial charge in [0.05, 0.1) is 0 Å². The third kappa shape index (κ3) is 4.97. The summed E-state index contributed by atoms with van der Waals surface area (Å²) in [4.78, 5) is 13.8. The molecule has 0 heterocycles. The maximum absolute atomic E-state index is 11.9. The van der Waals surface area contributed by atoms with Gasteiger partial charge in [-0.15, -0.1) is 0 Å². The van der Waals surface area contributed by atoms with Gasteiger partial charge >= 0.3 is 0 Å². The van der Waals surface area contributed by atoms with Gasteiger partial charge in [-0.25, -0.2) is 0 Å². The molecule has 2 unspecified atom stereocenters. The molecule has 1 N–H and O–H groups in total. The summed E-state index contributed by atoms with van der Waals surface area (Å²) in [6.07, 6.45) is 4.53. The number of rotatable bonds is 6. The van der Waals surface area contributed by atoms with Crippen LogP contribution in [0.3, 0.4) is 0 Å². The van der Waals surface area contributed by atoms with Crippen molar-refractivity contribution in [3.63, 3.8) is 0 Å². The fourth-order valence-electron chi connectivity index (χ4n) is 3.23. The number of hydrogen-bond acceptors (Lipinski definition) is 2. The lowest BCUT2D eigenvalue weighted by molar-refractivity contribution is -0.130. The Bertz CT molecular complexity index is 241. The van der Waals surface area contributed by atoms with Crippen LogP contribution in [0.15, 0.2) is 0 Å². The smallest absolute Gasteiger partial charge is 0.223 e. The number of amides is 1. The van der Waals surface area contributed by atoms with Gasteiger partial charge < -0.3 is 10.2 Å². The molecule has 1 aliphatic carbocycles. The third-order valence-electron chi connectivity index (χ3n) is 4.07. The normalized spacial score (nSPS) is 28.1. The van der Waals surface area contributed by atoms with Crippen LogP contribution in [0.5, 0.6) is 0 Å². The Balaban J connectivity index is 2.22. The lowest BCUT2D eigenvalue weighted by Crippen LogP contribution is -2.39. The van der Waals surface area contributed by atoms with Gasteiger partial charge in [-0.1, -0.05) is 13.8 Å². The summed E-state index contributed by atoms with van der Waals surface area (Å²) >= 11 is 0. The minimum atomic E-state index is 0.282. The third-order valence-corrected chi connectivity index (χ3v) is 4.07. The minimum Gasteiger partial charge on any atom is -0.343 e. The van der Waals surface area contributed by atoms with Crippen molar-refractivity contribution >= 4 is 5.91 Å². The Hall–Kier alpha value is -0.570. The summed E-state index contributed by atoms with van der Waals surface area (Å²) < 4.78 is 0. The molecule has 1 rings (SSSR count). The van der Waals surface area contributed by atoms with E-state index in [0.29, 0.717) is 12.5 Å². The molecular weight excluding hydrogens is 224 g/mol. The highest BCUT2D eigenvalue weighted by Gasteiger charge is 2.23. The van der Waals surface area contributed by atoms with Crippen LogP contribution < -0.4 is 5.32 Å². The van der Waals surface area contributed by atoms with Gasteiger partial charge in [0.2, 0.25) is 5.91 Å². The molecule has 0 aromatic rings. The maximum atomic E-state index is 11.9. The van der Waals surface area contributed by atoms with Gasteiger partial charge in [0.25, 0.3) is 0 Å². The second-order valence-electron chi connectivity index (χ2n) is 5.88. The molecule has 3 nitrogen and oxygen atoms in total. The summed E-state index contributed by atoms with van der Waals surface area (Å²) in [5, 5.41) is 3.57. The van der Waals surface area contributed by atoms with Gasteiger partial charge in [-0.2, -0.15) is 0 Å². The molecule has 0 bridgehead atoms. The van der Waals surface area contributed by atoms with Crippen LogP contribution >= 0.6 is 0 Å². The Morgan fingerprint density at radius 2 is 1.67 bits per heavy atom. The van der Waals surface area contributed by atoms with E-state index in [2.05, 4.69) is 19.2 Å². The fraction of sp³-hybridized carbons (Fsp3) is 0.933. The quantitative estimate of drug-likeness (QED) is 0.790. The molecule has 1 aliphatic rings. The Morgan fingerprint density at radius 3 is 2.17 bits per heavy atom. The average molecular weight is 254 g/mol. The standard InChI is InChI=1S/C15H30N2O/c1-5-17(6-2)15(18)7-8-16-14-10-12(3)9-13(4)11-14/h12-14,16H,5-11H2,1-4H3. The zero-order valence-electron chi connectivity index (χ0n) is 12.5. The summed E-state index contributed by atoms with van der Waals surface area (Å²) in [6.45, 7) is 11.2. The van der Waals surface area contributed by atoms with Crippen LogP contribution in [0.25, 0.3) is 0 Å². The first-order valence-corrected chi connectivity index (χ1v) is 7.57. The van der Waals surface area contributed by atoms with Crippen LogP contribution in [0, 0.1) is 11.8 Å². The zero-order valence-corrected chi connectivity index (χ0v) is 12.5. The molecule has 0 aromatic heterocycles. The molecule has 0 spiro atoms. The molecule has 1 saturated carbocycles. The largest absolute Gasteiger partial charge is 0.343 e. The lowest BCUT2D eigenvalue weighted by Gasteiger charge is -2.32. The van der Waals surface area contributed by atoms with Gasteiger partial charge in [0, 0.05) is 32.1 Å². The molecule has 106 valence electrons. The van der Waals surface area contributed by atoms with E-state index in [9.17, 15) is 4.79 Å². The SMILES string of the molecule is CCN(CC)C(=O)CCNC1CC(C)CC(C)C1. The van der Waals surface area contributed by atoms with Gasteiger partial charge in [-0.3, -0.25) is 4.79 Å². The van der Waals surface area contributed by atoms with E-state index in [4.69, 9.17) is 0 Å². The first-order valence-electron chi connectivity index (χ1n) is 7.57. The van der Waals surface area contributed by atoms with Crippen molar-refractivity contribution in [2.24, 2.45) is 11.8 Å². The minimum absolute atomic E-state index is 0.282. The summed E-state index contributed by atoms with van der Waals surface area (Å²) in [7, 11) is 0. The average Bonchev–Trinajstić information content (AvgIpc) is 2.29. The summed E-state index contributed by atoms with van der Waals surface area (Å²) in [5.74, 6) is 1.93. The number of nitrogens with zero attached hydrogens (tertiary/aromatic N) is 1. The number of carbonyl (C=O) groups is 1. The molecule has 1 amide bonds. The van der Waals surface area contributed by atoms with E-state index < -0.39 is 0 Å². The van der Waals surface area contributed by atoms with Crippen molar-refractivity contribution in [1.82, 2.24) is 10.2 Å². The van der Waals surface area contributed by atoms with Gasteiger partial charge in [-0.05, 0) is 44.9 Å².